The highest BCUT2D eigenvalue weighted by Gasteiger charge is 2.28. The number of amides is 1. The number of alkyl halides is 1. The van der Waals surface area contributed by atoms with Gasteiger partial charge in [0.05, 0.1) is 0 Å². The Balaban J connectivity index is 0.000000921. The lowest BCUT2D eigenvalue weighted by molar-refractivity contribution is -0.123. The first-order chi connectivity index (χ1) is 6.89. The van der Waals surface area contributed by atoms with Gasteiger partial charge in [-0.05, 0) is 33.1 Å². The summed E-state index contributed by atoms with van der Waals surface area (Å²) in [6, 6.07) is 0.262. The maximum absolute atomic E-state index is 11.4. The Morgan fingerprint density at radius 2 is 1.93 bits per heavy atom. The molecule has 0 radical (unpaired) electrons. The van der Waals surface area contributed by atoms with Gasteiger partial charge in [0.15, 0.2) is 0 Å². The number of hydrogen-bond acceptors (Lipinski definition) is 1. The van der Waals surface area contributed by atoms with Gasteiger partial charge in [0, 0.05) is 6.04 Å². The standard InChI is InChI=1S/C10H18ClNO.C2H6/c1-7(6-8-4-5-8)12-9(13)10(2,3)11;1-2/h7-8H,4-6H2,1-3H3,(H,12,13);1-2H3. The van der Waals surface area contributed by atoms with E-state index in [9.17, 15) is 4.79 Å². The van der Waals surface area contributed by atoms with Gasteiger partial charge < -0.3 is 5.32 Å². The van der Waals surface area contributed by atoms with Crippen molar-refractivity contribution in [2.45, 2.75) is 64.8 Å². The predicted molar refractivity (Wildman–Crippen MR) is 66.2 cm³/mol. The Bertz CT molecular complexity index is 194. The third-order valence-electron chi connectivity index (χ3n) is 2.30. The minimum atomic E-state index is -0.780. The van der Waals surface area contributed by atoms with Gasteiger partial charge in [0.1, 0.15) is 4.87 Å². The van der Waals surface area contributed by atoms with Crippen molar-refractivity contribution in [1.82, 2.24) is 5.32 Å². The van der Waals surface area contributed by atoms with Gasteiger partial charge in [0.2, 0.25) is 5.91 Å². The van der Waals surface area contributed by atoms with Crippen molar-refractivity contribution in [2.24, 2.45) is 5.92 Å². The van der Waals surface area contributed by atoms with E-state index in [4.69, 9.17) is 11.6 Å². The number of carbonyl (C=O) groups excluding carboxylic acids is 1. The lowest BCUT2D eigenvalue weighted by Crippen LogP contribution is -2.42. The van der Waals surface area contributed by atoms with E-state index in [0.29, 0.717) is 0 Å². The van der Waals surface area contributed by atoms with Crippen LogP contribution < -0.4 is 5.32 Å². The first kappa shape index (κ1) is 14.8. The summed E-state index contributed by atoms with van der Waals surface area (Å²) in [5.41, 5.74) is 0. The fourth-order valence-electron chi connectivity index (χ4n) is 1.31. The summed E-state index contributed by atoms with van der Waals surface area (Å²) in [5, 5.41) is 2.92. The van der Waals surface area contributed by atoms with Gasteiger partial charge in [-0.15, -0.1) is 11.6 Å². The van der Waals surface area contributed by atoms with Crippen LogP contribution in [0, 0.1) is 5.92 Å². The number of halogens is 1. The van der Waals surface area contributed by atoms with E-state index in [1.165, 1.54) is 12.8 Å². The average Bonchev–Trinajstić information content (AvgIpc) is 2.90. The second-order valence-electron chi connectivity index (χ2n) is 4.53. The van der Waals surface area contributed by atoms with Crippen molar-refractivity contribution in [3.05, 3.63) is 0 Å². The van der Waals surface area contributed by atoms with E-state index in [1.54, 1.807) is 13.8 Å². The zero-order valence-corrected chi connectivity index (χ0v) is 11.3. The Morgan fingerprint density at radius 3 is 2.27 bits per heavy atom. The summed E-state index contributed by atoms with van der Waals surface area (Å²) in [4.78, 5) is 10.7. The molecule has 1 aliphatic rings. The molecule has 1 N–H and O–H groups in total. The molecule has 0 aromatic carbocycles. The van der Waals surface area contributed by atoms with Gasteiger partial charge >= 0.3 is 0 Å². The van der Waals surface area contributed by atoms with Gasteiger partial charge in [0.25, 0.3) is 0 Å². The number of hydrogen-bond donors (Lipinski definition) is 1. The average molecular weight is 234 g/mol. The lowest BCUT2D eigenvalue weighted by atomic mass is 10.1. The minimum absolute atomic E-state index is 0.0673. The van der Waals surface area contributed by atoms with Crippen LogP contribution in [0.25, 0.3) is 0 Å². The summed E-state index contributed by atoms with van der Waals surface area (Å²) < 4.78 is 0. The zero-order chi connectivity index (χ0) is 12.1. The molecule has 1 unspecified atom stereocenters. The van der Waals surface area contributed by atoms with Crippen molar-refractivity contribution in [2.75, 3.05) is 0 Å². The molecule has 0 aromatic rings. The van der Waals surface area contributed by atoms with E-state index < -0.39 is 4.87 Å². The summed E-state index contributed by atoms with van der Waals surface area (Å²) in [5.74, 6) is 0.774. The van der Waals surface area contributed by atoms with Crippen molar-refractivity contribution in [1.29, 1.82) is 0 Å². The van der Waals surface area contributed by atoms with Crippen LogP contribution in [0.1, 0.15) is 53.9 Å². The van der Waals surface area contributed by atoms with Crippen LogP contribution in [0.4, 0.5) is 0 Å². The Kier molecular flexibility index (Phi) is 6.26. The molecule has 1 rings (SSSR count). The van der Waals surface area contributed by atoms with Crippen LogP contribution in [0.2, 0.25) is 0 Å². The minimum Gasteiger partial charge on any atom is -0.352 e. The van der Waals surface area contributed by atoms with E-state index in [1.807, 2.05) is 20.8 Å². The molecule has 1 atom stereocenters. The Morgan fingerprint density at radius 1 is 1.47 bits per heavy atom. The maximum atomic E-state index is 11.4. The van der Waals surface area contributed by atoms with Crippen LogP contribution in [-0.4, -0.2) is 16.8 Å². The SMILES string of the molecule is CC.CC(CC1CC1)NC(=O)C(C)(C)Cl. The van der Waals surface area contributed by atoms with Crippen LogP contribution in [0.5, 0.6) is 0 Å². The topological polar surface area (TPSA) is 29.1 Å². The first-order valence-corrected chi connectivity index (χ1v) is 6.27. The van der Waals surface area contributed by atoms with Gasteiger partial charge in [-0.25, -0.2) is 0 Å². The number of carbonyl (C=O) groups is 1. The Hall–Kier alpha value is -0.240. The highest BCUT2D eigenvalue weighted by atomic mass is 35.5. The molecule has 0 aliphatic heterocycles. The normalized spacial score (nSPS) is 17.5. The molecule has 3 heteroatoms. The molecule has 1 amide bonds. The molecule has 0 spiro atoms. The lowest BCUT2D eigenvalue weighted by Gasteiger charge is -2.19. The quantitative estimate of drug-likeness (QED) is 0.742. The van der Waals surface area contributed by atoms with Crippen molar-refractivity contribution in [3.63, 3.8) is 0 Å². The highest BCUT2D eigenvalue weighted by Crippen LogP contribution is 2.33. The Labute approximate surface area is 98.8 Å². The summed E-state index contributed by atoms with van der Waals surface area (Å²) in [6.07, 6.45) is 3.74. The molecule has 0 saturated heterocycles. The third-order valence-corrected chi connectivity index (χ3v) is 2.47. The molecular formula is C12H24ClNO. The highest BCUT2D eigenvalue weighted by molar-refractivity contribution is 6.34. The molecule has 15 heavy (non-hydrogen) atoms. The van der Waals surface area contributed by atoms with Gasteiger partial charge in [-0.1, -0.05) is 26.7 Å². The monoisotopic (exact) mass is 233 g/mol. The van der Waals surface area contributed by atoms with Crippen molar-refractivity contribution in [3.8, 4) is 0 Å². The fraction of sp³-hybridized carbons (Fsp3) is 0.917. The van der Waals surface area contributed by atoms with E-state index in [0.717, 1.165) is 12.3 Å². The molecule has 0 bridgehead atoms. The summed E-state index contributed by atoms with van der Waals surface area (Å²) in [7, 11) is 0. The van der Waals surface area contributed by atoms with E-state index >= 15 is 0 Å². The second-order valence-corrected chi connectivity index (χ2v) is 5.47. The first-order valence-electron chi connectivity index (χ1n) is 5.89. The summed E-state index contributed by atoms with van der Waals surface area (Å²) in [6.45, 7) is 9.47. The third kappa shape index (κ3) is 6.77. The zero-order valence-electron chi connectivity index (χ0n) is 10.6. The fourth-order valence-corrected chi connectivity index (χ4v) is 1.36. The van der Waals surface area contributed by atoms with Gasteiger partial charge in [-0.3, -0.25) is 4.79 Å². The molecule has 1 aliphatic carbocycles. The molecule has 0 heterocycles. The smallest absolute Gasteiger partial charge is 0.240 e. The predicted octanol–water partition coefficient (Wildman–Crippen LogP) is 3.33. The van der Waals surface area contributed by atoms with Crippen LogP contribution >= 0.6 is 11.6 Å². The second kappa shape index (κ2) is 6.37. The maximum Gasteiger partial charge on any atom is 0.240 e. The molecule has 1 saturated carbocycles. The van der Waals surface area contributed by atoms with Crippen LogP contribution in [0.15, 0.2) is 0 Å². The molecule has 2 nitrogen and oxygen atoms in total. The molecule has 90 valence electrons. The largest absolute Gasteiger partial charge is 0.352 e. The molecule has 1 fully saturated rings. The van der Waals surface area contributed by atoms with Crippen LogP contribution in [0.3, 0.4) is 0 Å². The van der Waals surface area contributed by atoms with Crippen molar-refractivity contribution < 1.29 is 4.79 Å². The molecule has 0 aromatic heterocycles. The van der Waals surface area contributed by atoms with Crippen LogP contribution in [-0.2, 0) is 4.79 Å². The van der Waals surface area contributed by atoms with E-state index in [2.05, 4.69) is 5.32 Å². The van der Waals surface area contributed by atoms with Gasteiger partial charge in [-0.2, -0.15) is 0 Å². The van der Waals surface area contributed by atoms with E-state index in [-0.39, 0.29) is 11.9 Å². The summed E-state index contributed by atoms with van der Waals surface area (Å²) >= 11 is 5.87. The number of nitrogens with one attached hydrogen (secondary N) is 1. The van der Waals surface area contributed by atoms with Crippen molar-refractivity contribution >= 4 is 17.5 Å². The molecular weight excluding hydrogens is 210 g/mol. The number of rotatable bonds is 4.